The lowest BCUT2D eigenvalue weighted by Crippen LogP contribution is -2.15. The van der Waals surface area contributed by atoms with Gasteiger partial charge in [0.05, 0.1) is 0 Å². The third-order valence-corrected chi connectivity index (χ3v) is 1.25. The first-order valence-corrected chi connectivity index (χ1v) is 2.46. The van der Waals surface area contributed by atoms with Crippen molar-refractivity contribution in [3.05, 3.63) is 11.8 Å². The first kappa shape index (κ1) is 4.94. The van der Waals surface area contributed by atoms with Crippen molar-refractivity contribution in [2.75, 3.05) is 0 Å². The van der Waals surface area contributed by atoms with E-state index in [2.05, 4.69) is 10.3 Å². The van der Waals surface area contributed by atoms with Crippen molar-refractivity contribution in [3.8, 4) is 0 Å². The van der Waals surface area contributed by atoms with Crippen LogP contribution in [0.2, 0.25) is 0 Å². The lowest BCUT2D eigenvalue weighted by molar-refractivity contribution is 0.160. The summed E-state index contributed by atoms with van der Waals surface area (Å²) in [6.07, 6.45) is 1.59. The molecule has 0 aromatic heterocycles. The van der Waals surface area contributed by atoms with Crippen molar-refractivity contribution in [2.45, 2.75) is 12.4 Å². The normalized spacial score (nSPS) is 29.4. The molecule has 1 aliphatic heterocycles. The highest BCUT2D eigenvalue weighted by atomic mass is 35.5. The van der Waals surface area contributed by atoms with E-state index in [9.17, 15) is 0 Å². The minimum Gasteiger partial charge on any atom is -0.415 e. The average molecular weight is 120 g/mol. The number of rotatable bonds is 0. The molecule has 1 heterocycles. The smallest absolute Gasteiger partial charge is 0.140 e. The maximum Gasteiger partial charge on any atom is 0.140 e. The van der Waals surface area contributed by atoms with Gasteiger partial charge in [-0.1, -0.05) is 11.6 Å². The van der Waals surface area contributed by atoms with Crippen molar-refractivity contribution in [2.24, 2.45) is 0 Å². The van der Waals surface area contributed by atoms with E-state index in [-0.39, 0.29) is 5.50 Å². The van der Waals surface area contributed by atoms with E-state index in [1.807, 2.05) is 6.92 Å². The highest BCUT2D eigenvalue weighted by Gasteiger charge is 2.10. The molecule has 1 N–H and O–H groups in total. The Kier molecular flexibility index (Phi) is 1.21. The third kappa shape index (κ3) is 0.868. The average Bonchev–Trinajstić information content (AvgIpc) is 1.91. The van der Waals surface area contributed by atoms with Gasteiger partial charge in [0.2, 0.25) is 0 Å². The molecule has 1 rings (SSSR count). The van der Waals surface area contributed by atoms with Crippen LogP contribution in [0.25, 0.3) is 0 Å². The Hall–Kier alpha value is -0.210. The maximum absolute atomic E-state index is 5.56. The summed E-state index contributed by atoms with van der Waals surface area (Å²) in [5.41, 5.74) is 3.43. The quantitative estimate of drug-likeness (QED) is 0.379. The summed E-state index contributed by atoms with van der Waals surface area (Å²) in [4.78, 5) is 4.62. The van der Waals surface area contributed by atoms with Crippen molar-refractivity contribution >= 4 is 11.6 Å². The van der Waals surface area contributed by atoms with E-state index in [1.54, 1.807) is 6.26 Å². The molecule has 0 aliphatic carbocycles. The van der Waals surface area contributed by atoms with E-state index in [4.69, 9.17) is 11.6 Å². The van der Waals surface area contributed by atoms with Crippen molar-refractivity contribution < 1.29 is 4.84 Å². The van der Waals surface area contributed by atoms with Gasteiger partial charge in [0.1, 0.15) is 11.8 Å². The van der Waals surface area contributed by atoms with Crippen LogP contribution >= 0.6 is 11.6 Å². The number of alkyl halides is 1. The van der Waals surface area contributed by atoms with E-state index in [0.29, 0.717) is 0 Å². The molecule has 1 aliphatic rings. The predicted molar refractivity (Wildman–Crippen MR) is 27.6 cm³/mol. The zero-order chi connectivity index (χ0) is 5.28. The minimum atomic E-state index is -0.125. The SMILES string of the molecule is CC1=CONC1Cl. The molecule has 0 amide bonds. The van der Waals surface area contributed by atoms with Crippen LogP contribution in [0.15, 0.2) is 11.8 Å². The van der Waals surface area contributed by atoms with E-state index < -0.39 is 0 Å². The molecule has 1 atom stereocenters. The maximum atomic E-state index is 5.56. The Morgan fingerprint density at radius 2 is 2.71 bits per heavy atom. The van der Waals surface area contributed by atoms with E-state index >= 15 is 0 Å². The highest BCUT2D eigenvalue weighted by molar-refractivity contribution is 6.22. The molecule has 0 aromatic carbocycles. The molecule has 0 fully saturated rings. The predicted octanol–water partition coefficient (Wildman–Crippen LogP) is 0.990. The molecule has 0 saturated carbocycles. The molecular formula is C4H6ClNO. The fraction of sp³-hybridized carbons (Fsp3) is 0.500. The van der Waals surface area contributed by atoms with Crippen LogP contribution in [0.1, 0.15) is 6.92 Å². The second kappa shape index (κ2) is 1.72. The van der Waals surface area contributed by atoms with Crippen LogP contribution in [0.3, 0.4) is 0 Å². The standard InChI is InChI=1S/C4H6ClNO/c1-3-2-7-6-4(3)5/h2,4,6H,1H3. The third-order valence-electron chi connectivity index (χ3n) is 0.816. The molecule has 1 unspecified atom stereocenters. The molecule has 0 saturated heterocycles. The monoisotopic (exact) mass is 119 g/mol. The molecule has 0 radical (unpaired) electrons. The molecule has 2 nitrogen and oxygen atoms in total. The van der Waals surface area contributed by atoms with Crippen LogP contribution in [-0.4, -0.2) is 5.50 Å². The van der Waals surface area contributed by atoms with Gasteiger partial charge in [0.15, 0.2) is 0 Å². The fourth-order valence-electron chi connectivity index (χ4n) is 0.339. The first-order valence-electron chi connectivity index (χ1n) is 2.02. The Morgan fingerprint density at radius 3 is 2.86 bits per heavy atom. The summed E-state index contributed by atoms with van der Waals surface area (Å²) in [5.74, 6) is 0. The van der Waals surface area contributed by atoms with Gasteiger partial charge in [-0.25, -0.2) is 0 Å². The second-order valence-electron chi connectivity index (χ2n) is 1.46. The van der Waals surface area contributed by atoms with Crippen LogP contribution in [0, 0.1) is 0 Å². The zero-order valence-electron chi connectivity index (χ0n) is 3.94. The molecule has 40 valence electrons. The van der Waals surface area contributed by atoms with Crippen LogP contribution < -0.4 is 5.48 Å². The van der Waals surface area contributed by atoms with Gasteiger partial charge < -0.3 is 4.84 Å². The van der Waals surface area contributed by atoms with Gasteiger partial charge in [0, 0.05) is 0 Å². The Labute approximate surface area is 47.1 Å². The van der Waals surface area contributed by atoms with Gasteiger partial charge in [-0.05, 0) is 12.5 Å². The van der Waals surface area contributed by atoms with Crippen molar-refractivity contribution in [1.29, 1.82) is 0 Å². The summed E-state index contributed by atoms with van der Waals surface area (Å²) in [5, 5.41) is 0. The molecule has 0 spiro atoms. The van der Waals surface area contributed by atoms with Gasteiger partial charge in [-0.3, -0.25) is 0 Å². The lowest BCUT2D eigenvalue weighted by atomic mass is 10.4. The summed E-state index contributed by atoms with van der Waals surface area (Å²) in [6.45, 7) is 1.90. The van der Waals surface area contributed by atoms with Gasteiger partial charge >= 0.3 is 0 Å². The van der Waals surface area contributed by atoms with Crippen LogP contribution in [0.5, 0.6) is 0 Å². The summed E-state index contributed by atoms with van der Waals surface area (Å²) in [6, 6.07) is 0. The Balaban J connectivity index is 2.54. The van der Waals surface area contributed by atoms with Gasteiger partial charge in [-0.2, -0.15) is 0 Å². The lowest BCUT2D eigenvalue weighted by Gasteiger charge is -1.95. The molecule has 3 heteroatoms. The minimum absolute atomic E-state index is 0.125. The number of hydroxylamine groups is 1. The topological polar surface area (TPSA) is 21.3 Å². The summed E-state index contributed by atoms with van der Waals surface area (Å²) in [7, 11) is 0. The van der Waals surface area contributed by atoms with Crippen LogP contribution in [0.4, 0.5) is 0 Å². The number of nitrogens with one attached hydrogen (secondary N) is 1. The fourth-order valence-corrected chi connectivity index (χ4v) is 0.442. The van der Waals surface area contributed by atoms with Gasteiger partial charge in [-0.15, -0.1) is 5.48 Å². The summed E-state index contributed by atoms with van der Waals surface area (Å²) < 4.78 is 0. The Bertz CT molecular complexity index is 102. The Morgan fingerprint density at radius 1 is 2.00 bits per heavy atom. The molecule has 0 aromatic rings. The molecular weight excluding hydrogens is 114 g/mol. The van der Waals surface area contributed by atoms with Crippen LogP contribution in [-0.2, 0) is 4.84 Å². The number of hydrogen-bond donors (Lipinski definition) is 1. The van der Waals surface area contributed by atoms with E-state index in [1.165, 1.54) is 0 Å². The van der Waals surface area contributed by atoms with Crippen molar-refractivity contribution in [1.82, 2.24) is 5.48 Å². The molecule has 7 heavy (non-hydrogen) atoms. The number of hydrogen-bond acceptors (Lipinski definition) is 2. The molecule has 0 bridgehead atoms. The van der Waals surface area contributed by atoms with Gasteiger partial charge in [0.25, 0.3) is 0 Å². The highest BCUT2D eigenvalue weighted by Crippen LogP contribution is 2.10. The second-order valence-corrected chi connectivity index (χ2v) is 1.90. The number of halogens is 1. The van der Waals surface area contributed by atoms with E-state index in [0.717, 1.165) is 5.57 Å². The first-order chi connectivity index (χ1) is 3.30. The van der Waals surface area contributed by atoms with Crippen molar-refractivity contribution in [3.63, 3.8) is 0 Å². The largest absolute Gasteiger partial charge is 0.415 e. The zero-order valence-corrected chi connectivity index (χ0v) is 4.70. The summed E-state index contributed by atoms with van der Waals surface area (Å²) >= 11 is 5.56.